The van der Waals surface area contributed by atoms with Crippen LogP contribution in [0.3, 0.4) is 0 Å². The van der Waals surface area contributed by atoms with Crippen molar-refractivity contribution >= 4 is 16.6 Å². The van der Waals surface area contributed by atoms with Gasteiger partial charge >= 0.3 is 0 Å². The van der Waals surface area contributed by atoms with Gasteiger partial charge in [0.15, 0.2) is 16.6 Å². The molecule has 0 spiro atoms. The molecule has 0 N–H and O–H groups in total. The standard InChI is InChI=1S/C18H38O2Si2/c1-12-13-14-16(20-22(10,11)18(5,6)7)15-19-21(8,9)17(2,3)4/h16H,14-15H2,1-11H3. The van der Waals surface area contributed by atoms with Gasteiger partial charge in [-0.3, -0.25) is 0 Å². The highest BCUT2D eigenvalue weighted by Gasteiger charge is 2.41. The molecular weight excluding hydrogens is 304 g/mol. The molecule has 0 aromatic rings. The second kappa shape index (κ2) is 7.66. The van der Waals surface area contributed by atoms with Crippen LogP contribution in [-0.2, 0) is 8.85 Å². The average molecular weight is 343 g/mol. The van der Waals surface area contributed by atoms with Gasteiger partial charge in [0.2, 0.25) is 0 Å². The van der Waals surface area contributed by atoms with Crippen molar-refractivity contribution in [2.24, 2.45) is 0 Å². The minimum Gasteiger partial charge on any atom is -0.414 e. The maximum Gasteiger partial charge on any atom is 0.192 e. The Morgan fingerprint density at radius 1 is 0.864 bits per heavy atom. The monoisotopic (exact) mass is 342 g/mol. The van der Waals surface area contributed by atoms with Crippen LogP contribution >= 0.6 is 0 Å². The first-order chi connectivity index (χ1) is 9.64. The molecule has 0 bridgehead atoms. The molecule has 0 fully saturated rings. The summed E-state index contributed by atoms with van der Waals surface area (Å²) in [7, 11) is -3.53. The fourth-order valence-electron chi connectivity index (χ4n) is 1.46. The van der Waals surface area contributed by atoms with E-state index in [1.807, 2.05) is 6.92 Å². The molecule has 0 amide bonds. The van der Waals surface area contributed by atoms with Gasteiger partial charge in [-0.2, -0.15) is 0 Å². The van der Waals surface area contributed by atoms with E-state index < -0.39 is 16.6 Å². The van der Waals surface area contributed by atoms with E-state index in [1.54, 1.807) is 0 Å². The Kier molecular flexibility index (Phi) is 7.63. The van der Waals surface area contributed by atoms with E-state index in [0.717, 1.165) is 6.42 Å². The van der Waals surface area contributed by atoms with Crippen molar-refractivity contribution in [1.29, 1.82) is 0 Å². The average Bonchev–Trinajstić information content (AvgIpc) is 2.29. The summed E-state index contributed by atoms with van der Waals surface area (Å²) in [4.78, 5) is 0. The number of hydrogen-bond donors (Lipinski definition) is 0. The zero-order valence-electron chi connectivity index (χ0n) is 16.8. The van der Waals surface area contributed by atoms with Gasteiger partial charge in [-0.25, -0.2) is 0 Å². The second-order valence-electron chi connectivity index (χ2n) is 9.20. The van der Waals surface area contributed by atoms with Gasteiger partial charge in [0.1, 0.15) is 0 Å². The summed E-state index contributed by atoms with van der Waals surface area (Å²) in [5.41, 5.74) is 0. The molecule has 0 aromatic heterocycles. The van der Waals surface area contributed by atoms with Crippen LogP contribution in [0.2, 0.25) is 36.3 Å². The van der Waals surface area contributed by atoms with Crippen LogP contribution < -0.4 is 0 Å². The van der Waals surface area contributed by atoms with Crippen LogP contribution in [0.5, 0.6) is 0 Å². The lowest BCUT2D eigenvalue weighted by Gasteiger charge is -2.41. The fraction of sp³-hybridized carbons (Fsp3) is 0.889. The van der Waals surface area contributed by atoms with Crippen LogP contribution in [0.15, 0.2) is 0 Å². The lowest BCUT2D eigenvalue weighted by molar-refractivity contribution is 0.111. The Bertz CT molecular complexity index is 404. The quantitative estimate of drug-likeness (QED) is 0.448. The smallest absolute Gasteiger partial charge is 0.192 e. The topological polar surface area (TPSA) is 18.5 Å². The first kappa shape index (κ1) is 21.9. The third kappa shape index (κ3) is 6.58. The Balaban J connectivity index is 4.98. The minimum atomic E-state index is -1.79. The van der Waals surface area contributed by atoms with Crippen molar-refractivity contribution in [3.63, 3.8) is 0 Å². The lowest BCUT2D eigenvalue weighted by atomic mass is 10.2. The van der Waals surface area contributed by atoms with Gasteiger partial charge < -0.3 is 8.85 Å². The van der Waals surface area contributed by atoms with Crippen molar-refractivity contribution in [2.45, 2.75) is 97.3 Å². The summed E-state index contributed by atoms with van der Waals surface area (Å²) in [6, 6.07) is 0. The van der Waals surface area contributed by atoms with E-state index in [4.69, 9.17) is 8.85 Å². The molecule has 0 aliphatic rings. The minimum absolute atomic E-state index is 0.0856. The molecule has 0 aliphatic heterocycles. The molecule has 1 atom stereocenters. The highest BCUT2D eigenvalue weighted by atomic mass is 28.4. The first-order valence-corrected chi connectivity index (χ1v) is 14.2. The molecule has 0 aromatic carbocycles. The molecule has 0 radical (unpaired) electrons. The van der Waals surface area contributed by atoms with Crippen molar-refractivity contribution in [2.75, 3.05) is 6.61 Å². The normalized spacial score (nSPS) is 15.2. The molecular formula is C18H38O2Si2. The van der Waals surface area contributed by atoms with E-state index in [9.17, 15) is 0 Å². The molecule has 130 valence electrons. The van der Waals surface area contributed by atoms with Crippen LogP contribution in [0.1, 0.15) is 54.9 Å². The van der Waals surface area contributed by atoms with Crippen molar-refractivity contribution < 1.29 is 8.85 Å². The Labute approximate surface area is 141 Å². The van der Waals surface area contributed by atoms with Crippen LogP contribution in [-0.4, -0.2) is 29.3 Å². The maximum atomic E-state index is 6.55. The molecule has 1 unspecified atom stereocenters. The van der Waals surface area contributed by atoms with E-state index in [-0.39, 0.29) is 16.2 Å². The van der Waals surface area contributed by atoms with E-state index >= 15 is 0 Å². The molecule has 0 rings (SSSR count). The highest BCUT2D eigenvalue weighted by molar-refractivity contribution is 6.74. The van der Waals surface area contributed by atoms with Gasteiger partial charge in [-0.15, -0.1) is 11.8 Å². The molecule has 4 heteroatoms. The number of hydrogen-bond acceptors (Lipinski definition) is 2. The van der Waals surface area contributed by atoms with Gasteiger partial charge in [0.05, 0.1) is 12.7 Å². The number of rotatable bonds is 6. The van der Waals surface area contributed by atoms with Crippen LogP contribution in [0.25, 0.3) is 0 Å². The van der Waals surface area contributed by atoms with Gasteiger partial charge in [0, 0.05) is 6.42 Å². The predicted octanol–water partition coefficient (Wildman–Crippen LogP) is 5.81. The first-order valence-electron chi connectivity index (χ1n) is 8.35. The summed E-state index contributed by atoms with van der Waals surface area (Å²) in [5, 5.41) is 0.437. The third-order valence-corrected chi connectivity index (χ3v) is 14.2. The SMILES string of the molecule is CC#CCC(CO[Si](C)(C)C(C)(C)C)O[Si](C)(C)C(C)(C)C. The Morgan fingerprint density at radius 2 is 1.32 bits per heavy atom. The fourth-order valence-corrected chi connectivity index (χ4v) is 3.84. The summed E-state index contributed by atoms with van der Waals surface area (Å²) >= 11 is 0. The van der Waals surface area contributed by atoms with E-state index in [1.165, 1.54) is 0 Å². The Hall–Kier alpha value is -0.0862. The summed E-state index contributed by atoms with van der Waals surface area (Å²) in [6.07, 6.45) is 0.847. The molecule has 0 saturated heterocycles. The molecule has 2 nitrogen and oxygen atoms in total. The van der Waals surface area contributed by atoms with Gasteiger partial charge in [-0.1, -0.05) is 41.5 Å². The molecule has 0 aliphatic carbocycles. The largest absolute Gasteiger partial charge is 0.414 e. The van der Waals surface area contributed by atoms with Crippen LogP contribution in [0, 0.1) is 11.8 Å². The van der Waals surface area contributed by atoms with Crippen molar-refractivity contribution in [3.8, 4) is 11.8 Å². The second-order valence-corrected chi connectivity index (χ2v) is 18.8. The van der Waals surface area contributed by atoms with Crippen molar-refractivity contribution in [1.82, 2.24) is 0 Å². The summed E-state index contributed by atoms with van der Waals surface area (Å²) in [6.45, 7) is 25.4. The summed E-state index contributed by atoms with van der Waals surface area (Å²) in [5.74, 6) is 6.17. The van der Waals surface area contributed by atoms with E-state index in [0.29, 0.717) is 6.61 Å². The molecule has 0 saturated carbocycles. The summed E-state index contributed by atoms with van der Waals surface area (Å²) < 4.78 is 12.9. The maximum absolute atomic E-state index is 6.55. The van der Waals surface area contributed by atoms with Gasteiger partial charge in [-0.05, 0) is 43.2 Å². The highest BCUT2D eigenvalue weighted by Crippen LogP contribution is 2.39. The third-order valence-electron chi connectivity index (χ3n) is 5.21. The predicted molar refractivity (Wildman–Crippen MR) is 103 cm³/mol. The Morgan fingerprint density at radius 3 is 1.68 bits per heavy atom. The lowest BCUT2D eigenvalue weighted by Crippen LogP contribution is -2.47. The zero-order chi connectivity index (χ0) is 17.8. The van der Waals surface area contributed by atoms with E-state index in [2.05, 4.69) is 79.6 Å². The zero-order valence-corrected chi connectivity index (χ0v) is 18.8. The van der Waals surface area contributed by atoms with Crippen LogP contribution in [0.4, 0.5) is 0 Å². The molecule has 22 heavy (non-hydrogen) atoms. The van der Waals surface area contributed by atoms with Crippen molar-refractivity contribution in [3.05, 3.63) is 0 Å². The molecule has 0 heterocycles. The van der Waals surface area contributed by atoms with Gasteiger partial charge in [0.25, 0.3) is 0 Å².